The third-order valence-electron chi connectivity index (χ3n) is 5.83. The summed E-state index contributed by atoms with van der Waals surface area (Å²) in [5.41, 5.74) is 1.74. The first-order valence-electron chi connectivity index (χ1n) is 10.4. The lowest BCUT2D eigenvalue weighted by Gasteiger charge is -2.32. The standard InChI is InChI=1S/C22H26ClN3O3S/c23-18-9-2-3-10-19(18)25-30(28,29)17-11-12-21(26-13-4-1-5-14-26)20(15-17)24-22(27)16-7-6-8-16/h2-3,9-12,15-16,25H,1,4-8,13-14H2,(H,24,27). The van der Waals surface area contributed by atoms with E-state index in [0.717, 1.165) is 50.9 Å². The molecule has 0 aromatic heterocycles. The number of rotatable bonds is 6. The van der Waals surface area contributed by atoms with Gasteiger partial charge in [0.1, 0.15) is 0 Å². The fraction of sp³-hybridized carbons (Fsp3) is 0.409. The highest BCUT2D eigenvalue weighted by atomic mass is 35.5. The molecule has 1 aliphatic carbocycles. The van der Waals surface area contributed by atoms with Gasteiger partial charge < -0.3 is 10.2 Å². The normalized spacial score (nSPS) is 17.3. The topological polar surface area (TPSA) is 78.5 Å². The number of hydrogen-bond donors (Lipinski definition) is 2. The molecule has 0 radical (unpaired) electrons. The summed E-state index contributed by atoms with van der Waals surface area (Å²) in [6.07, 6.45) is 6.20. The number of carbonyl (C=O) groups is 1. The molecule has 4 rings (SSSR count). The van der Waals surface area contributed by atoms with E-state index in [9.17, 15) is 13.2 Å². The van der Waals surface area contributed by atoms with Crippen LogP contribution >= 0.6 is 11.6 Å². The van der Waals surface area contributed by atoms with Crippen LogP contribution in [0, 0.1) is 5.92 Å². The molecule has 1 saturated carbocycles. The van der Waals surface area contributed by atoms with Gasteiger partial charge in [0.2, 0.25) is 5.91 Å². The molecule has 30 heavy (non-hydrogen) atoms. The Morgan fingerprint density at radius 3 is 2.37 bits per heavy atom. The minimum absolute atomic E-state index is 0.0146. The van der Waals surface area contributed by atoms with Crippen LogP contribution in [0.25, 0.3) is 0 Å². The number of piperidine rings is 1. The predicted molar refractivity (Wildman–Crippen MR) is 121 cm³/mol. The van der Waals surface area contributed by atoms with Crippen LogP contribution in [0.2, 0.25) is 5.02 Å². The first kappa shape index (κ1) is 21.0. The summed E-state index contributed by atoms with van der Waals surface area (Å²) >= 11 is 6.11. The van der Waals surface area contributed by atoms with Crippen molar-refractivity contribution in [2.45, 2.75) is 43.4 Å². The van der Waals surface area contributed by atoms with E-state index in [0.29, 0.717) is 16.4 Å². The fourth-order valence-electron chi connectivity index (χ4n) is 3.85. The molecule has 2 aromatic carbocycles. The third kappa shape index (κ3) is 4.57. The molecular weight excluding hydrogens is 422 g/mol. The summed E-state index contributed by atoms with van der Waals surface area (Å²) in [5, 5.41) is 3.32. The number of para-hydroxylation sites is 1. The van der Waals surface area contributed by atoms with Gasteiger partial charge in [-0.05, 0) is 62.4 Å². The summed E-state index contributed by atoms with van der Waals surface area (Å²) in [4.78, 5) is 14.9. The SMILES string of the molecule is O=C(Nc1cc(S(=O)(=O)Nc2ccccc2Cl)ccc1N1CCCCC1)C1CCC1. The number of hydrogen-bond acceptors (Lipinski definition) is 4. The van der Waals surface area contributed by atoms with Gasteiger partial charge in [-0.25, -0.2) is 8.42 Å². The van der Waals surface area contributed by atoms with Crippen molar-refractivity contribution in [3.05, 3.63) is 47.5 Å². The smallest absolute Gasteiger partial charge is 0.262 e. The monoisotopic (exact) mass is 447 g/mol. The molecule has 1 heterocycles. The Bertz CT molecular complexity index is 1030. The van der Waals surface area contributed by atoms with Crippen molar-refractivity contribution in [3.8, 4) is 0 Å². The van der Waals surface area contributed by atoms with E-state index in [1.807, 2.05) is 0 Å². The molecule has 2 N–H and O–H groups in total. The number of nitrogens with one attached hydrogen (secondary N) is 2. The van der Waals surface area contributed by atoms with E-state index in [2.05, 4.69) is 14.9 Å². The average molecular weight is 448 g/mol. The van der Waals surface area contributed by atoms with E-state index in [1.165, 1.54) is 6.42 Å². The minimum Gasteiger partial charge on any atom is -0.370 e. The van der Waals surface area contributed by atoms with Gasteiger partial charge in [0.05, 0.1) is 27.0 Å². The van der Waals surface area contributed by atoms with E-state index in [-0.39, 0.29) is 16.7 Å². The van der Waals surface area contributed by atoms with Gasteiger partial charge in [-0.2, -0.15) is 0 Å². The number of amides is 1. The lowest BCUT2D eigenvalue weighted by atomic mass is 9.85. The summed E-state index contributed by atoms with van der Waals surface area (Å²) in [7, 11) is -3.86. The molecule has 0 atom stereocenters. The molecule has 1 aliphatic heterocycles. The first-order valence-corrected chi connectivity index (χ1v) is 12.3. The van der Waals surface area contributed by atoms with Crippen LogP contribution in [-0.4, -0.2) is 27.4 Å². The van der Waals surface area contributed by atoms with Crippen molar-refractivity contribution >= 4 is 44.6 Å². The third-order valence-corrected chi connectivity index (χ3v) is 7.52. The Labute approximate surface area is 182 Å². The maximum atomic E-state index is 13.0. The number of carbonyl (C=O) groups excluding carboxylic acids is 1. The number of benzene rings is 2. The molecule has 8 heteroatoms. The summed E-state index contributed by atoms with van der Waals surface area (Å²) in [6.45, 7) is 1.80. The average Bonchev–Trinajstić information content (AvgIpc) is 2.69. The molecule has 0 unspecified atom stereocenters. The van der Waals surface area contributed by atoms with E-state index in [4.69, 9.17) is 11.6 Å². The van der Waals surface area contributed by atoms with Crippen molar-refractivity contribution in [3.63, 3.8) is 0 Å². The zero-order valence-corrected chi connectivity index (χ0v) is 18.3. The van der Waals surface area contributed by atoms with Crippen LogP contribution in [0.5, 0.6) is 0 Å². The van der Waals surface area contributed by atoms with Crippen LogP contribution in [0.4, 0.5) is 17.1 Å². The number of anilines is 3. The highest BCUT2D eigenvalue weighted by Gasteiger charge is 2.27. The summed E-state index contributed by atoms with van der Waals surface area (Å²) in [5.74, 6) is -0.0196. The van der Waals surface area contributed by atoms with Gasteiger partial charge in [0.25, 0.3) is 10.0 Å². The van der Waals surface area contributed by atoms with Crippen LogP contribution in [0.3, 0.4) is 0 Å². The van der Waals surface area contributed by atoms with Crippen molar-refractivity contribution in [1.82, 2.24) is 0 Å². The molecule has 1 saturated heterocycles. The van der Waals surface area contributed by atoms with Crippen molar-refractivity contribution in [2.24, 2.45) is 5.92 Å². The van der Waals surface area contributed by atoms with Gasteiger partial charge >= 0.3 is 0 Å². The van der Waals surface area contributed by atoms with Gasteiger partial charge in [-0.1, -0.05) is 30.2 Å². The summed E-state index contributed by atoms with van der Waals surface area (Å²) < 4.78 is 28.5. The molecule has 160 valence electrons. The summed E-state index contributed by atoms with van der Waals surface area (Å²) in [6, 6.07) is 11.6. The molecule has 6 nitrogen and oxygen atoms in total. The first-order chi connectivity index (χ1) is 14.4. The van der Waals surface area contributed by atoms with Crippen LogP contribution in [-0.2, 0) is 14.8 Å². The molecule has 2 fully saturated rings. The maximum absolute atomic E-state index is 13.0. The Balaban J connectivity index is 1.65. The van der Waals surface area contributed by atoms with Gasteiger partial charge in [-0.3, -0.25) is 9.52 Å². The Kier molecular flexibility index (Phi) is 6.20. The van der Waals surface area contributed by atoms with Crippen LogP contribution in [0.15, 0.2) is 47.4 Å². The Morgan fingerprint density at radius 2 is 1.70 bits per heavy atom. The maximum Gasteiger partial charge on any atom is 0.262 e. The molecule has 2 aromatic rings. The number of halogens is 1. The van der Waals surface area contributed by atoms with Crippen molar-refractivity contribution < 1.29 is 13.2 Å². The van der Waals surface area contributed by atoms with E-state index < -0.39 is 10.0 Å². The largest absolute Gasteiger partial charge is 0.370 e. The molecule has 1 amide bonds. The lowest BCUT2D eigenvalue weighted by Crippen LogP contribution is -2.32. The second-order valence-electron chi connectivity index (χ2n) is 7.93. The van der Waals surface area contributed by atoms with Crippen LogP contribution < -0.4 is 14.9 Å². The fourth-order valence-corrected chi connectivity index (χ4v) is 5.19. The lowest BCUT2D eigenvalue weighted by molar-refractivity contribution is -0.122. The van der Waals surface area contributed by atoms with Gasteiger partial charge in [0.15, 0.2) is 0 Å². The second-order valence-corrected chi connectivity index (χ2v) is 10.0. The van der Waals surface area contributed by atoms with Gasteiger partial charge in [0, 0.05) is 19.0 Å². The Hall–Kier alpha value is -2.25. The van der Waals surface area contributed by atoms with Crippen molar-refractivity contribution in [1.29, 1.82) is 0 Å². The number of sulfonamides is 1. The zero-order valence-electron chi connectivity index (χ0n) is 16.7. The molecule has 0 spiro atoms. The zero-order chi connectivity index (χ0) is 21.1. The number of nitrogens with zero attached hydrogens (tertiary/aromatic N) is 1. The highest BCUT2D eigenvalue weighted by Crippen LogP contribution is 2.34. The highest BCUT2D eigenvalue weighted by molar-refractivity contribution is 7.92. The molecule has 0 bridgehead atoms. The van der Waals surface area contributed by atoms with E-state index in [1.54, 1.807) is 42.5 Å². The van der Waals surface area contributed by atoms with Crippen molar-refractivity contribution in [2.75, 3.05) is 28.0 Å². The Morgan fingerprint density at radius 1 is 0.967 bits per heavy atom. The predicted octanol–water partition coefficient (Wildman–Crippen LogP) is 4.87. The van der Waals surface area contributed by atoms with Crippen LogP contribution in [0.1, 0.15) is 38.5 Å². The van der Waals surface area contributed by atoms with E-state index >= 15 is 0 Å². The molecular formula is C22H26ClN3O3S. The molecule has 2 aliphatic rings. The minimum atomic E-state index is -3.86. The quantitative estimate of drug-likeness (QED) is 0.662. The second kappa shape index (κ2) is 8.86. The van der Waals surface area contributed by atoms with Gasteiger partial charge in [-0.15, -0.1) is 0 Å².